The molecular formula is C29H38N4O3. The first-order chi connectivity index (χ1) is 17.7. The minimum Gasteiger partial charge on any atom is -0.408 e. The van der Waals surface area contributed by atoms with Crippen LogP contribution in [0.2, 0.25) is 0 Å². The molecule has 3 atom stereocenters. The van der Waals surface area contributed by atoms with Crippen LogP contribution < -0.4 is 10.1 Å². The van der Waals surface area contributed by atoms with Gasteiger partial charge in [-0.3, -0.25) is 4.90 Å². The quantitative estimate of drug-likeness (QED) is 0.468. The van der Waals surface area contributed by atoms with Gasteiger partial charge in [0, 0.05) is 56.4 Å². The maximum Gasteiger partial charge on any atom is 0.415 e. The third kappa shape index (κ3) is 6.09. The molecule has 2 fully saturated rings. The Morgan fingerprint density at radius 2 is 1.94 bits per heavy atom. The van der Waals surface area contributed by atoms with E-state index < -0.39 is 0 Å². The highest BCUT2D eigenvalue weighted by molar-refractivity contribution is 5.87. The summed E-state index contributed by atoms with van der Waals surface area (Å²) in [7, 11) is 0. The summed E-state index contributed by atoms with van der Waals surface area (Å²) in [6.07, 6.45) is 4.34. The Morgan fingerprint density at radius 1 is 1.11 bits per heavy atom. The highest BCUT2D eigenvalue weighted by Gasteiger charge is 2.37. The van der Waals surface area contributed by atoms with Crippen molar-refractivity contribution in [2.45, 2.75) is 38.3 Å². The lowest BCUT2D eigenvalue weighted by Crippen LogP contribution is -2.44. The first-order valence-electron chi connectivity index (χ1n) is 13.3. The average molecular weight is 491 g/mol. The summed E-state index contributed by atoms with van der Waals surface area (Å²) < 4.78 is 11.5. The van der Waals surface area contributed by atoms with Crippen LogP contribution in [0.1, 0.15) is 25.3 Å². The lowest BCUT2D eigenvalue weighted by atomic mass is 10.1. The highest BCUT2D eigenvalue weighted by Crippen LogP contribution is 2.31. The predicted octanol–water partition coefficient (Wildman–Crippen LogP) is 4.30. The van der Waals surface area contributed by atoms with Crippen LogP contribution in [0, 0.1) is 5.92 Å². The van der Waals surface area contributed by atoms with Gasteiger partial charge in [0.05, 0.1) is 18.7 Å². The van der Waals surface area contributed by atoms with Crippen molar-refractivity contribution in [3.05, 3.63) is 66.4 Å². The molecule has 0 spiro atoms. The fourth-order valence-corrected chi connectivity index (χ4v) is 5.60. The van der Waals surface area contributed by atoms with E-state index in [4.69, 9.17) is 9.47 Å². The molecule has 2 aromatic carbocycles. The number of carbonyl (C=O) groups excluding carboxylic acids is 1. The number of hydrogen-bond donors (Lipinski definition) is 2. The molecule has 7 heteroatoms. The van der Waals surface area contributed by atoms with Crippen molar-refractivity contribution in [3.63, 3.8) is 0 Å². The third-order valence-electron chi connectivity index (χ3n) is 7.70. The van der Waals surface area contributed by atoms with E-state index in [1.165, 1.54) is 5.56 Å². The second-order valence-electron chi connectivity index (χ2n) is 10.1. The van der Waals surface area contributed by atoms with Gasteiger partial charge in [-0.05, 0) is 42.9 Å². The molecular weight excluding hydrogens is 452 g/mol. The van der Waals surface area contributed by atoms with E-state index in [-0.39, 0.29) is 12.1 Å². The average Bonchev–Trinajstić information content (AvgIpc) is 3.53. The molecule has 1 aromatic heterocycles. The number of fused-ring (bicyclic) bond motifs is 1. The van der Waals surface area contributed by atoms with Crippen LogP contribution in [0.15, 0.2) is 60.8 Å². The smallest absolute Gasteiger partial charge is 0.408 e. The number of aromatic amines is 1. The predicted molar refractivity (Wildman–Crippen MR) is 142 cm³/mol. The molecule has 192 valence electrons. The molecule has 36 heavy (non-hydrogen) atoms. The standard InChI is InChI=1S/C29H38N4O3/c1-22-20-25(21-26(22)30-13-15-32-16-18-35-19-17-32)33(14-11-23-6-3-2-4-7-23)29(34)36-27-9-5-8-24-10-12-31-28(24)27/h2-10,12,22,25-26,30-31H,11,13-21H2,1H3. The van der Waals surface area contributed by atoms with Gasteiger partial charge in [0.2, 0.25) is 0 Å². The Bertz CT molecular complexity index is 1110. The van der Waals surface area contributed by atoms with Crippen molar-refractivity contribution < 1.29 is 14.3 Å². The van der Waals surface area contributed by atoms with Crippen molar-refractivity contribution in [2.75, 3.05) is 45.9 Å². The molecule has 7 nitrogen and oxygen atoms in total. The molecule has 5 rings (SSSR count). The Kier molecular flexibility index (Phi) is 8.21. The minimum atomic E-state index is -0.265. The van der Waals surface area contributed by atoms with E-state index in [0.29, 0.717) is 24.3 Å². The molecule has 0 radical (unpaired) electrons. The van der Waals surface area contributed by atoms with Gasteiger partial charge in [-0.25, -0.2) is 4.79 Å². The van der Waals surface area contributed by atoms with Crippen LogP contribution in [0.3, 0.4) is 0 Å². The first kappa shape index (κ1) is 24.8. The molecule has 1 saturated heterocycles. The number of carbonyl (C=O) groups is 1. The molecule has 3 aromatic rings. The number of aromatic nitrogens is 1. The SMILES string of the molecule is CC1CC(N(CCc2ccccc2)C(=O)Oc2cccc3cc[nH]c23)CC1NCCN1CCOCC1. The molecule has 2 heterocycles. The van der Waals surface area contributed by atoms with Crippen LogP contribution in [-0.4, -0.2) is 78.9 Å². The Morgan fingerprint density at radius 3 is 2.78 bits per heavy atom. The maximum atomic E-state index is 13.6. The number of benzene rings is 2. The molecule has 1 amide bonds. The number of hydrogen-bond acceptors (Lipinski definition) is 5. The van der Waals surface area contributed by atoms with E-state index in [9.17, 15) is 4.79 Å². The van der Waals surface area contributed by atoms with Crippen LogP contribution in [0.25, 0.3) is 10.9 Å². The van der Waals surface area contributed by atoms with Gasteiger partial charge in [0.15, 0.2) is 5.75 Å². The molecule has 3 unspecified atom stereocenters. The van der Waals surface area contributed by atoms with Crippen molar-refractivity contribution >= 4 is 17.0 Å². The maximum absolute atomic E-state index is 13.6. The largest absolute Gasteiger partial charge is 0.415 e. The van der Waals surface area contributed by atoms with Crippen LogP contribution in [0.5, 0.6) is 5.75 Å². The van der Waals surface area contributed by atoms with E-state index in [0.717, 1.165) is 69.6 Å². The summed E-state index contributed by atoms with van der Waals surface area (Å²) in [6.45, 7) is 8.62. The molecule has 0 bridgehead atoms. The zero-order valence-corrected chi connectivity index (χ0v) is 21.2. The zero-order chi connectivity index (χ0) is 24.7. The summed E-state index contributed by atoms with van der Waals surface area (Å²) in [5.74, 6) is 1.08. The van der Waals surface area contributed by atoms with Gasteiger partial charge in [0.1, 0.15) is 0 Å². The van der Waals surface area contributed by atoms with Gasteiger partial charge in [0.25, 0.3) is 0 Å². The van der Waals surface area contributed by atoms with Crippen LogP contribution >= 0.6 is 0 Å². The Balaban J connectivity index is 1.24. The fourth-order valence-electron chi connectivity index (χ4n) is 5.60. The van der Waals surface area contributed by atoms with Gasteiger partial charge in [-0.1, -0.05) is 49.4 Å². The van der Waals surface area contributed by atoms with Gasteiger partial charge in [-0.15, -0.1) is 0 Å². The topological polar surface area (TPSA) is 69.8 Å². The lowest BCUT2D eigenvalue weighted by Gasteiger charge is -2.29. The second kappa shape index (κ2) is 11.9. The normalized spacial score (nSPS) is 22.6. The number of morpholine rings is 1. The van der Waals surface area contributed by atoms with Crippen LogP contribution in [-0.2, 0) is 11.2 Å². The molecule has 2 N–H and O–H groups in total. The Labute approximate surface area is 213 Å². The number of nitrogens with zero attached hydrogens (tertiary/aromatic N) is 2. The summed E-state index contributed by atoms with van der Waals surface area (Å²) in [6, 6.07) is 18.7. The van der Waals surface area contributed by atoms with Crippen molar-refractivity contribution in [1.82, 2.24) is 20.1 Å². The highest BCUT2D eigenvalue weighted by atomic mass is 16.6. The monoisotopic (exact) mass is 490 g/mol. The molecule has 1 saturated carbocycles. The Hall–Kier alpha value is -2.87. The number of ether oxygens (including phenoxy) is 2. The van der Waals surface area contributed by atoms with Crippen molar-refractivity contribution in [1.29, 1.82) is 0 Å². The number of nitrogens with one attached hydrogen (secondary N) is 2. The summed E-state index contributed by atoms with van der Waals surface area (Å²) in [5, 5.41) is 4.82. The van der Waals surface area contributed by atoms with Crippen molar-refractivity contribution in [3.8, 4) is 5.75 Å². The van der Waals surface area contributed by atoms with E-state index in [2.05, 4.69) is 46.4 Å². The number of para-hydroxylation sites is 1. The van der Waals surface area contributed by atoms with E-state index in [1.807, 2.05) is 41.4 Å². The molecule has 1 aliphatic carbocycles. The summed E-state index contributed by atoms with van der Waals surface area (Å²) >= 11 is 0. The fraction of sp³-hybridized carbons (Fsp3) is 0.483. The van der Waals surface area contributed by atoms with Gasteiger partial charge >= 0.3 is 6.09 Å². The second-order valence-corrected chi connectivity index (χ2v) is 10.1. The molecule has 1 aliphatic heterocycles. The van der Waals surface area contributed by atoms with E-state index >= 15 is 0 Å². The lowest BCUT2D eigenvalue weighted by molar-refractivity contribution is 0.0380. The summed E-state index contributed by atoms with van der Waals surface area (Å²) in [5.41, 5.74) is 2.09. The molecule has 2 aliphatic rings. The van der Waals surface area contributed by atoms with Gasteiger partial charge < -0.3 is 24.7 Å². The van der Waals surface area contributed by atoms with Crippen molar-refractivity contribution in [2.24, 2.45) is 5.92 Å². The summed E-state index contributed by atoms with van der Waals surface area (Å²) in [4.78, 5) is 21.2. The van der Waals surface area contributed by atoms with Gasteiger partial charge in [-0.2, -0.15) is 0 Å². The van der Waals surface area contributed by atoms with E-state index in [1.54, 1.807) is 0 Å². The number of H-pyrrole nitrogens is 1. The zero-order valence-electron chi connectivity index (χ0n) is 21.2. The first-order valence-corrected chi connectivity index (χ1v) is 13.3. The van der Waals surface area contributed by atoms with Crippen LogP contribution in [0.4, 0.5) is 4.79 Å². The third-order valence-corrected chi connectivity index (χ3v) is 7.70. The minimum absolute atomic E-state index is 0.153. The number of rotatable bonds is 9. The number of amides is 1.